The Morgan fingerprint density at radius 1 is 0.812 bits per heavy atom. The van der Waals surface area contributed by atoms with Crippen LogP contribution in [0.15, 0.2) is 79.1 Å². The quantitative estimate of drug-likeness (QED) is 0.430. The third kappa shape index (κ3) is 4.93. The van der Waals surface area contributed by atoms with Crippen LogP contribution in [0.4, 0.5) is 17.3 Å². The van der Waals surface area contributed by atoms with E-state index in [-0.39, 0.29) is 5.91 Å². The van der Waals surface area contributed by atoms with Gasteiger partial charge in [-0.25, -0.2) is 9.97 Å². The van der Waals surface area contributed by atoms with Crippen molar-refractivity contribution in [2.45, 2.75) is 6.92 Å². The lowest BCUT2D eigenvalue weighted by atomic mass is 10.1. The molecular weight excluding hydrogens is 404 g/mol. The molecule has 2 aromatic carbocycles. The van der Waals surface area contributed by atoms with Crippen molar-refractivity contribution in [3.63, 3.8) is 0 Å². The first-order valence-corrected chi connectivity index (χ1v) is 9.82. The van der Waals surface area contributed by atoms with E-state index in [0.29, 0.717) is 17.2 Å². The van der Waals surface area contributed by atoms with Gasteiger partial charge in [-0.2, -0.15) is 0 Å². The molecule has 0 aliphatic carbocycles. The molecular formula is C24H20N6O2. The van der Waals surface area contributed by atoms with Gasteiger partial charge in [0.25, 0.3) is 0 Å². The van der Waals surface area contributed by atoms with E-state index >= 15 is 0 Å². The molecule has 0 saturated carbocycles. The summed E-state index contributed by atoms with van der Waals surface area (Å²) in [6.07, 6.45) is 3.23. The fourth-order valence-electron chi connectivity index (χ4n) is 3.13. The Balaban J connectivity index is 1.55. The minimum atomic E-state index is -0.502. The number of benzene rings is 2. The highest BCUT2D eigenvalue weighted by atomic mass is 16.1. The lowest BCUT2D eigenvalue weighted by Gasteiger charge is -2.09. The molecule has 0 aliphatic heterocycles. The number of hydrogen-bond donors (Lipinski definition) is 3. The number of primary amides is 1. The standard InChI is InChI=1S/C24H20N6O2/c1-15(31)28-19-7-5-16(6-8-19)21-10-12-27-24(30-21)29-20-4-2-3-17(13-20)22-14-18(23(25)32)9-11-26-22/h2-14H,1H3,(H2,25,32)(H,28,31)(H,27,29,30). The highest BCUT2D eigenvalue weighted by Crippen LogP contribution is 2.25. The Kier molecular flexibility index (Phi) is 5.85. The van der Waals surface area contributed by atoms with Crippen LogP contribution in [0.1, 0.15) is 17.3 Å². The molecule has 0 fully saturated rings. The topological polar surface area (TPSA) is 123 Å². The Bertz CT molecular complexity index is 1290. The summed E-state index contributed by atoms with van der Waals surface area (Å²) in [5.74, 6) is -0.187. The van der Waals surface area contributed by atoms with E-state index in [9.17, 15) is 9.59 Å². The first kappa shape index (κ1) is 20.7. The molecule has 4 rings (SSSR count). The van der Waals surface area contributed by atoms with E-state index in [0.717, 1.165) is 28.2 Å². The third-order valence-corrected chi connectivity index (χ3v) is 4.62. The Labute approximate surface area is 184 Å². The lowest BCUT2D eigenvalue weighted by molar-refractivity contribution is -0.114. The van der Waals surface area contributed by atoms with Gasteiger partial charge >= 0.3 is 0 Å². The number of aromatic nitrogens is 3. The molecule has 8 nitrogen and oxygen atoms in total. The van der Waals surface area contributed by atoms with Gasteiger partial charge in [0, 0.05) is 47.4 Å². The molecule has 0 aliphatic rings. The predicted molar refractivity (Wildman–Crippen MR) is 123 cm³/mol. The molecule has 0 spiro atoms. The molecule has 2 aromatic heterocycles. The predicted octanol–water partition coefficient (Wildman–Crippen LogP) is 4.01. The molecule has 2 heterocycles. The summed E-state index contributed by atoms with van der Waals surface area (Å²) in [6.45, 7) is 1.47. The Morgan fingerprint density at radius 3 is 2.34 bits per heavy atom. The molecule has 4 aromatic rings. The van der Waals surface area contributed by atoms with Crippen LogP contribution in [-0.2, 0) is 4.79 Å². The summed E-state index contributed by atoms with van der Waals surface area (Å²) in [5, 5.41) is 5.94. The monoisotopic (exact) mass is 424 g/mol. The maximum absolute atomic E-state index is 11.5. The molecule has 0 unspecified atom stereocenters. The number of nitrogens with one attached hydrogen (secondary N) is 2. The van der Waals surface area contributed by atoms with Crippen molar-refractivity contribution in [3.8, 4) is 22.5 Å². The van der Waals surface area contributed by atoms with Gasteiger partial charge < -0.3 is 16.4 Å². The van der Waals surface area contributed by atoms with E-state index in [1.54, 1.807) is 24.5 Å². The molecule has 158 valence electrons. The van der Waals surface area contributed by atoms with Crippen LogP contribution in [0.25, 0.3) is 22.5 Å². The van der Waals surface area contributed by atoms with E-state index in [1.165, 1.54) is 6.92 Å². The van der Waals surface area contributed by atoms with Crippen LogP contribution in [0.3, 0.4) is 0 Å². The first-order chi connectivity index (χ1) is 15.5. The van der Waals surface area contributed by atoms with E-state index in [1.807, 2.05) is 54.6 Å². The van der Waals surface area contributed by atoms with Gasteiger partial charge in [0.2, 0.25) is 17.8 Å². The van der Waals surface area contributed by atoms with Gasteiger partial charge in [-0.3, -0.25) is 14.6 Å². The fraction of sp³-hybridized carbons (Fsp3) is 0.0417. The summed E-state index contributed by atoms with van der Waals surface area (Å²) < 4.78 is 0. The maximum atomic E-state index is 11.5. The Morgan fingerprint density at radius 2 is 1.59 bits per heavy atom. The van der Waals surface area contributed by atoms with Crippen molar-refractivity contribution in [2.24, 2.45) is 5.73 Å². The number of anilines is 3. The molecule has 0 atom stereocenters. The molecule has 32 heavy (non-hydrogen) atoms. The van der Waals surface area contributed by atoms with Gasteiger partial charge in [-0.05, 0) is 42.5 Å². The summed E-state index contributed by atoms with van der Waals surface area (Å²) >= 11 is 0. The van der Waals surface area contributed by atoms with E-state index in [2.05, 4.69) is 25.6 Å². The van der Waals surface area contributed by atoms with Crippen molar-refractivity contribution in [1.29, 1.82) is 0 Å². The zero-order valence-corrected chi connectivity index (χ0v) is 17.2. The van der Waals surface area contributed by atoms with Gasteiger partial charge in [0.05, 0.1) is 11.4 Å². The van der Waals surface area contributed by atoms with Gasteiger partial charge in [0.15, 0.2) is 0 Å². The van der Waals surface area contributed by atoms with Crippen LogP contribution >= 0.6 is 0 Å². The van der Waals surface area contributed by atoms with Gasteiger partial charge in [-0.15, -0.1) is 0 Å². The highest BCUT2D eigenvalue weighted by Gasteiger charge is 2.07. The van der Waals surface area contributed by atoms with Crippen LogP contribution in [-0.4, -0.2) is 26.8 Å². The van der Waals surface area contributed by atoms with Crippen LogP contribution in [0, 0.1) is 0 Å². The van der Waals surface area contributed by atoms with Crippen molar-refractivity contribution < 1.29 is 9.59 Å². The minimum Gasteiger partial charge on any atom is -0.366 e. The van der Waals surface area contributed by atoms with Gasteiger partial charge in [0.1, 0.15) is 0 Å². The lowest BCUT2D eigenvalue weighted by Crippen LogP contribution is -2.10. The van der Waals surface area contributed by atoms with Gasteiger partial charge in [-0.1, -0.05) is 24.3 Å². The second-order valence-corrected chi connectivity index (χ2v) is 7.02. The zero-order valence-electron chi connectivity index (χ0n) is 17.2. The zero-order chi connectivity index (χ0) is 22.5. The molecule has 4 N–H and O–H groups in total. The Hall–Kier alpha value is -4.59. The van der Waals surface area contributed by atoms with E-state index < -0.39 is 5.91 Å². The second kappa shape index (κ2) is 9.05. The largest absolute Gasteiger partial charge is 0.366 e. The van der Waals surface area contributed by atoms with Crippen LogP contribution in [0.5, 0.6) is 0 Å². The number of pyridine rings is 1. The van der Waals surface area contributed by atoms with Crippen LogP contribution in [0.2, 0.25) is 0 Å². The number of carbonyl (C=O) groups excluding carboxylic acids is 2. The van der Waals surface area contributed by atoms with E-state index in [4.69, 9.17) is 5.73 Å². The number of hydrogen-bond acceptors (Lipinski definition) is 6. The number of nitrogens with two attached hydrogens (primary N) is 1. The summed E-state index contributed by atoms with van der Waals surface area (Å²) in [7, 11) is 0. The van der Waals surface area contributed by atoms with Crippen molar-refractivity contribution >= 4 is 29.1 Å². The number of carbonyl (C=O) groups is 2. The number of rotatable bonds is 6. The number of nitrogens with zero attached hydrogens (tertiary/aromatic N) is 3. The first-order valence-electron chi connectivity index (χ1n) is 9.82. The highest BCUT2D eigenvalue weighted by molar-refractivity contribution is 5.93. The van der Waals surface area contributed by atoms with Crippen molar-refractivity contribution in [3.05, 3.63) is 84.7 Å². The third-order valence-electron chi connectivity index (χ3n) is 4.62. The molecule has 0 bridgehead atoms. The maximum Gasteiger partial charge on any atom is 0.248 e. The fourth-order valence-corrected chi connectivity index (χ4v) is 3.13. The summed E-state index contributed by atoms with van der Waals surface area (Å²) in [4.78, 5) is 35.8. The number of amides is 2. The van der Waals surface area contributed by atoms with Crippen molar-refractivity contribution in [1.82, 2.24) is 15.0 Å². The smallest absolute Gasteiger partial charge is 0.248 e. The van der Waals surface area contributed by atoms with Crippen LogP contribution < -0.4 is 16.4 Å². The molecule has 8 heteroatoms. The SMILES string of the molecule is CC(=O)Nc1ccc(-c2ccnc(Nc3cccc(-c4cc(C(N)=O)ccn4)c3)n2)cc1. The molecule has 0 radical (unpaired) electrons. The summed E-state index contributed by atoms with van der Waals surface area (Å²) in [6, 6.07) is 20.0. The van der Waals surface area contributed by atoms with Crippen molar-refractivity contribution in [2.75, 3.05) is 10.6 Å². The minimum absolute atomic E-state index is 0.120. The molecule has 0 saturated heterocycles. The molecule has 2 amide bonds. The average Bonchev–Trinajstić information content (AvgIpc) is 2.80. The second-order valence-electron chi connectivity index (χ2n) is 7.02. The normalized spacial score (nSPS) is 10.4. The summed E-state index contributed by atoms with van der Waals surface area (Å²) in [5.41, 5.74) is 10.4. The average molecular weight is 424 g/mol.